The minimum atomic E-state index is -4.22. The summed E-state index contributed by atoms with van der Waals surface area (Å²) in [5.41, 5.74) is 1.29. The first-order chi connectivity index (χ1) is 14.2. The van der Waals surface area contributed by atoms with Crippen LogP contribution in [0.15, 0.2) is 47.4 Å². The van der Waals surface area contributed by atoms with Crippen molar-refractivity contribution >= 4 is 21.8 Å². The summed E-state index contributed by atoms with van der Waals surface area (Å²) in [6.45, 7) is 3.28. The van der Waals surface area contributed by atoms with Crippen molar-refractivity contribution in [3.8, 4) is 5.75 Å². The third kappa shape index (κ3) is 4.62. The van der Waals surface area contributed by atoms with E-state index in [1.165, 1.54) is 30.3 Å². The van der Waals surface area contributed by atoms with Gasteiger partial charge in [0, 0.05) is 6.54 Å². The molecule has 0 spiro atoms. The molecule has 1 atom stereocenters. The third-order valence-electron chi connectivity index (χ3n) is 4.83. The quantitative estimate of drug-likeness (QED) is 0.751. The van der Waals surface area contributed by atoms with Gasteiger partial charge in [0.25, 0.3) is 10.0 Å². The van der Waals surface area contributed by atoms with Gasteiger partial charge in [0.1, 0.15) is 18.1 Å². The molecule has 30 heavy (non-hydrogen) atoms. The van der Waals surface area contributed by atoms with Gasteiger partial charge >= 0.3 is 0 Å². The molecule has 1 unspecified atom stereocenters. The number of carbonyl (C=O) groups excluding carboxylic acids is 2. The minimum Gasteiger partial charge on any atom is -0.494 e. The Bertz CT molecular complexity index is 1050. The molecule has 1 fully saturated rings. The first kappa shape index (κ1) is 21.8. The Labute approximate surface area is 174 Å². The fourth-order valence-electron chi connectivity index (χ4n) is 3.26. The molecule has 0 aromatic heterocycles. The second kappa shape index (κ2) is 8.83. The Morgan fingerprint density at radius 1 is 1.17 bits per heavy atom. The zero-order valence-electron chi connectivity index (χ0n) is 16.7. The van der Waals surface area contributed by atoms with Gasteiger partial charge in [-0.25, -0.2) is 17.1 Å². The van der Waals surface area contributed by atoms with Crippen LogP contribution in [-0.4, -0.2) is 44.2 Å². The predicted molar refractivity (Wildman–Crippen MR) is 108 cm³/mol. The van der Waals surface area contributed by atoms with E-state index in [2.05, 4.69) is 5.32 Å². The molecule has 3 rings (SSSR count). The lowest BCUT2D eigenvalue weighted by Crippen LogP contribution is -2.42. The number of hydrogen-bond donors (Lipinski definition) is 1. The monoisotopic (exact) mass is 434 g/mol. The second-order valence-electron chi connectivity index (χ2n) is 7.05. The number of nitrogens with zero attached hydrogens (tertiary/aromatic N) is 1. The standard InChI is InChI=1S/C21H23FN2O5S/c1-3-29-19-9-6-17(22)11-15(19)10-16-12-23-20(25)13-24(21(16)26)30(27,28)18-7-4-14(2)5-8-18/h4-9,11,16H,3,10,12-13H2,1-2H3,(H,23,25). The SMILES string of the molecule is CCOc1ccc(F)cc1CC1CNC(=O)CN(S(=O)(=O)c2ccc(C)cc2)C1=O. The molecule has 1 heterocycles. The fraction of sp³-hybridized carbons (Fsp3) is 0.333. The van der Waals surface area contributed by atoms with E-state index in [9.17, 15) is 22.4 Å². The number of amides is 2. The maximum Gasteiger partial charge on any atom is 0.266 e. The number of nitrogens with one attached hydrogen (secondary N) is 1. The van der Waals surface area contributed by atoms with Crippen LogP contribution in [0.2, 0.25) is 0 Å². The highest BCUT2D eigenvalue weighted by molar-refractivity contribution is 7.89. The van der Waals surface area contributed by atoms with Crippen molar-refractivity contribution in [2.45, 2.75) is 25.2 Å². The van der Waals surface area contributed by atoms with E-state index in [0.717, 1.165) is 5.56 Å². The minimum absolute atomic E-state index is 0.0200. The van der Waals surface area contributed by atoms with E-state index < -0.39 is 40.1 Å². The topological polar surface area (TPSA) is 92.8 Å². The molecule has 0 radical (unpaired) electrons. The summed E-state index contributed by atoms with van der Waals surface area (Å²) >= 11 is 0. The zero-order chi connectivity index (χ0) is 21.9. The van der Waals surface area contributed by atoms with Crippen molar-refractivity contribution in [2.24, 2.45) is 5.92 Å². The van der Waals surface area contributed by atoms with Crippen molar-refractivity contribution in [1.29, 1.82) is 0 Å². The lowest BCUT2D eigenvalue weighted by atomic mass is 9.97. The molecule has 1 aliphatic rings. The largest absolute Gasteiger partial charge is 0.494 e. The molecule has 160 valence electrons. The second-order valence-corrected chi connectivity index (χ2v) is 8.92. The Kier molecular flexibility index (Phi) is 6.40. The number of ether oxygens (including phenoxy) is 1. The molecular weight excluding hydrogens is 411 g/mol. The van der Waals surface area contributed by atoms with Crippen molar-refractivity contribution < 1.29 is 27.1 Å². The van der Waals surface area contributed by atoms with E-state index in [1.807, 2.05) is 6.92 Å². The van der Waals surface area contributed by atoms with Crippen LogP contribution in [0.1, 0.15) is 18.1 Å². The molecule has 2 amide bonds. The summed E-state index contributed by atoms with van der Waals surface area (Å²) < 4.78 is 46.0. The molecule has 2 aromatic rings. The molecule has 1 saturated heterocycles. The van der Waals surface area contributed by atoms with Crippen LogP contribution in [0, 0.1) is 18.7 Å². The number of aryl methyl sites for hydroxylation is 1. The lowest BCUT2D eigenvalue weighted by molar-refractivity contribution is -0.131. The van der Waals surface area contributed by atoms with Crippen molar-refractivity contribution in [1.82, 2.24) is 9.62 Å². The fourth-order valence-corrected chi connectivity index (χ4v) is 4.67. The highest BCUT2D eigenvalue weighted by Crippen LogP contribution is 2.26. The van der Waals surface area contributed by atoms with E-state index in [-0.39, 0.29) is 17.9 Å². The Balaban J connectivity index is 1.94. The smallest absolute Gasteiger partial charge is 0.266 e. The van der Waals surface area contributed by atoms with E-state index >= 15 is 0 Å². The van der Waals surface area contributed by atoms with Crippen LogP contribution in [0.25, 0.3) is 0 Å². The molecule has 1 N–H and O–H groups in total. The van der Waals surface area contributed by atoms with Gasteiger partial charge in [-0.15, -0.1) is 0 Å². The number of benzene rings is 2. The van der Waals surface area contributed by atoms with Crippen molar-refractivity contribution in [3.05, 3.63) is 59.4 Å². The molecule has 2 aromatic carbocycles. The molecule has 0 aliphatic carbocycles. The predicted octanol–water partition coefficient (Wildman–Crippen LogP) is 2.04. The number of rotatable bonds is 6. The van der Waals surface area contributed by atoms with Gasteiger partial charge in [-0.2, -0.15) is 0 Å². The zero-order valence-corrected chi connectivity index (χ0v) is 17.5. The highest BCUT2D eigenvalue weighted by Gasteiger charge is 2.38. The molecular formula is C21H23FN2O5S. The van der Waals surface area contributed by atoms with Crippen LogP contribution < -0.4 is 10.1 Å². The maximum absolute atomic E-state index is 13.8. The molecule has 9 heteroatoms. The highest BCUT2D eigenvalue weighted by atomic mass is 32.2. The number of hydrogen-bond acceptors (Lipinski definition) is 5. The normalized spacial score (nSPS) is 17.4. The van der Waals surface area contributed by atoms with Crippen LogP contribution in [-0.2, 0) is 26.0 Å². The maximum atomic E-state index is 13.8. The van der Waals surface area contributed by atoms with Gasteiger partial charge < -0.3 is 10.1 Å². The lowest BCUT2D eigenvalue weighted by Gasteiger charge is -2.23. The van der Waals surface area contributed by atoms with Crippen molar-refractivity contribution in [2.75, 3.05) is 19.7 Å². The van der Waals surface area contributed by atoms with Gasteiger partial charge in [-0.1, -0.05) is 17.7 Å². The third-order valence-corrected chi connectivity index (χ3v) is 6.58. The summed E-state index contributed by atoms with van der Waals surface area (Å²) in [5, 5.41) is 2.57. The van der Waals surface area contributed by atoms with Gasteiger partial charge in [-0.3, -0.25) is 9.59 Å². The average molecular weight is 434 g/mol. The Morgan fingerprint density at radius 2 is 1.87 bits per heavy atom. The van der Waals surface area contributed by atoms with Crippen LogP contribution in [0.5, 0.6) is 5.75 Å². The summed E-state index contributed by atoms with van der Waals surface area (Å²) in [7, 11) is -4.22. The van der Waals surface area contributed by atoms with Crippen molar-refractivity contribution in [3.63, 3.8) is 0 Å². The molecule has 1 aliphatic heterocycles. The summed E-state index contributed by atoms with van der Waals surface area (Å²) in [4.78, 5) is 25.2. The van der Waals surface area contributed by atoms with Gasteiger partial charge in [0.2, 0.25) is 11.8 Å². The summed E-state index contributed by atoms with van der Waals surface area (Å²) in [5.74, 6) is -2.28. The average Bonchev–Trinajstić information content (AvgIpc) is 2.84. The van der Waals surface area contributed by atoms with Crippen LogP contribution >= 0.6 is 0 Å². The Hall–Kier alpha value is -2.94. The first-order valence-electron chi connectivity index (χ1n) is 9.53. The van der Waals surface area contributed by atoms with Gasteiger partial charge in [-0.05, 0) is 56.2 Å². The van der Waals surface area contributed by atoms with E-state index in [0.29, 0.717) is 22.2 Å². The molecule has 0 saturated carbocycles. The van der Waals surface area contributed by atoms with E-state index in [1.54, 1.807) is 19.1 Å². The molecule has 0 bridgehead atoms. The van der Waals surface area contributed by atoms with E-state index in [4.69, 9.17) is 4.74 Å². The number of carbonyl (C=O) groups is 2. The van der Waals surface area contributed by atoms with Crippen LogP contribution in [0.3, 0.4) is 0 Å². The summed E-state index contributed by atoms with van der Waals surface area (Å²) in [6.07, 6.45) is 0.0200. The summed E-state index contributed by atoms with van der Waals surface area (Å²) in [6, 6.07) is 10.0. The number of halogens is 1. The Morgan fingerprint density at radius 3 is 2.53 bits per heavy atom. The van der Waals surface area contributed by atoms with Gasteiger partial charge in [0.15, 0.2) is 0 Å². The number of sulfonamides is 1. The molecule has 7 nitrogen and oxygen atoms in total. The van der Waals surface area contributed by atoms with Crippen LogP contribution in [0.4, 0.5) is 4.39 Å². The van der Waals surface area contributed by atoms with Gasteiger partial charge in [0.05, 0.1) is 17.4 Å². The first-order valence-corrected chi connectivity index (χ1v) is 11.0.